The molecule has 1 heteroatoms. The van der Waals surface area contributed by atoms with Crippen molar-refractivity contribution in [3.63, 3.8) is 0 Å². The predicted molar refractivity (Wildman–Crippen MR) is 48.5 cm³/mol. The quantitative estimate of drug-likeness (QED) is 0.446. The fraction of sp³-hybridized carbons (Fsp3) is 0.200. The molecule has 1 rings (SSSR count). The van der Waals surface area contributed by atoms with Crippen LogP contribution in [0.25, 0.3) is 0 Å². The van der Waals surface area contributed by atoms with Gasteiger partial charge in [-0.3, -0.25) is 0 Å². The average molecular weight is 202 g/mol. The number of rotatable bonds is 0. The Morgan fingerprint density at radius 3 is 0.727 bits per heavy atom. The van der Waals surface area contributed by atoms with Gasteiger partial charge in [-0.2, -0.15) is 13.8 Å². The summed E-state index contributed by atoms with van der Waals surface area (Å²) in [6.45, 7) is 10.0. The van der Waals surface area contributed by atoms with Crippen LogP contribution in [0.4, 0.5) is 0 Å². The van der Waals surface area contributed by atoms with Crippen molar-refractivity contribution in [1.82, 2.24) is 0 Å². The molecular formula is C10H16Zn. The zero-order valence-corrected chi connectivity index (χ0v) is 10.6. The van der Waals surface area contributed by atoms with Gasteiger partial charge in [-0.05, 0) is 0 Å². The van der Waals surface area contributed by atoms with Gasteiger partial charge in [0, 0.05) is 0 Å². The van der Waals surface area contributed by atoms with Crippen LogP contribution in [-0.2, 0) is 19.5 Å². The summed E-state index contributed by atoms with van der Waals surface area (Å²) in [5.41, 5.74) is 0. The van der Waals surface area contributed by atoms with E-state index < -0.39 is 0 Å². The molecule has 58 valence electrons. The summed E-state index contributed by atoms with van der Waals surface area (Å²) in [5, 5.41) is 0. The van der Waals surface area contributed by atoms with Gasteiger partial charge < -0.3 is 13.8 Å². The summed E-state index contributed by atoms with van der Waals surface area (Å²) >= 11 is 0. The van der Waals surface area contributed by atoms with Crippen LogP contribution in [0.2, 0.25) is 0 Å². The van der Waals surface area contributed by atoms with Crippen LogP contribution >= 0.6 is 0 Å². The largest absolute Gasteiger partial charge is 2.00 e. The van der Waals surface area contributed by atoms with Gasteiger partial charge in [0.1, 0.15) is 0 Å². The first-order valence-electron chi connectivity index (χ1n) is 3.41. The van der Waals surface area contributed by atoms with Gasteiger partial charge in [-0.15, -0.1) is 0 Å². The molecule has 0 radical (unpaired) electrons. The Bertz CT molecular complexity index is 76.8. The minimum Gasteiger partial charge on any atom is -0.346 e. The second-order valence-corrected chi connectivity index (χ2v) is 1.15. The molecule has 1 aromatic rings. The second kappa shape index (κ2) is 22.5. The van der Waals surface area contributed by atoms with Crippen LogP contribution in [0.3, 0.4) is 0 Å². The Hall–Kier alpha value is -0.157. The smallest absolute Gasteiger partial charge is 0.346 e. The van der Waals surface area contributed by atoms with Crippen LogP contribution in [0.5, 0.6) is 0 Å². The van der Waals surface area contributed by atoms with Crippen molar-refractivity contribution in [3.8, 4) is 0 Å². The van der Waals surface area contributed by atoms with Crippen molar-refractivity contribution in [3.05, 3.63) is 50.2 Å². The van der Waals surface area contributed by atoms with E-state index in [-0.39, 0.29) is 19.5 Å². The van der Waals surface area contributed by atoms with Crippen LogP contribution < -0.4 is 0 Å². The van der Waals surface area contributed by atoms with E-state index in [2.05, 4.69) is 13.8 Å². The second-order valence-electron chi connectivity index (χ2n) is 1.15. The Morgan fingerprint density at radius 2 is 0.636 bits per heavy atom. The predicted octanol–water partition coefficient (Wildman–Crippen LogP) is 3.36. The Kier molecular flexibility index (Phi) is 35.0. The van der Waals surface area contributed by atoms with Crippen molar-refractivity contribution in [1.29, 1.82) is 0 Å². The van der Waals surface area contributed by atoms with Crippen molar-refractivity contribution in [2.75, 3.05) is 0 Å². The maximum atomic E-state index is 3.25. The van der Waals surface area contributed by atoms with E-state index in [1.807, 2.05) is 36.4 Å². The molecule has 0 aliphatic heterocycles. The molecule has 0 atom stereocenters. The fourth-order valence-corrected chi connectivity index (χ4v) is 0.385. The van der Waals surface area contributed by atoms with E-state index in [0.29, 0.717) is 0 Å². The van der Waals surface area contributed by atoms with Crippen LogP contribution in [0.1, 0.15) is 13.8 Å². The van der Waals surface area contributed by atoms with Crippen molar-refractivity contribution in [2.45, 2.75) is 13.8 Å². The van der Waals surface area contributed by atoms with E-state index in [1.165, 1.54) is 0 Å². The third-order valence-electron chi connectivity index (χ3n) is 0.667. The third kappa shape index (κ3) is 17.7. The monoisotopic (exact) mass is 200 g/mol. The molecule has 0 aliphatic rings. The molecule has 0 heterocycles. The van der Waals surface area contributed by atoms with Crippen molar-refractivity contribution < 1.29 is 19.5 Å². The molecule has 0 spiro atoms. The molecule has 0 aromatic heterocycles. The van der Waals surface area contributed by atoms with Crippen LogP contribution in [0, 0.1) is 13.8 Å². The molecular weight excluding hydrogens is 185 g/mol. The summed E-state index contributed by atoms with van der Waals surface area (Å²) in [6, 6.07) is 12.0. The molecule has 0 nitrogen and oxygen atoms in total. The van der Waals surface area contributed by atoms with E-state index in [9.17, 15) is 0 Å². The fourth-order valence-electron chi connectivity index (χ4n) is 0.385. The summed E-state index contributed by atoms with van der Waals surface area (Å²) in [6.07, 6.45) is 0. The van der Waals surface area contributed by atoms with Crippen molar-refractivity contribution >= 4 is 0 Å². The molecule has 0 aliphatic carbocycles. The summed E-state index contributed by atoms with van der Waals surface area (Å²) in [4.78, 5) is 0. The summed E-state index contributed by atoms with van der Waals surface area (Å²) in [7, 11) is 0. The Morgan fingerprint density at radius 1 is 0.545 bits per heavy atom. The summed E-state index contributed by atoms with van der Waals surface area (Å²) < 4.78 is 0. The molecule has 0 bridgehead atoms. The molecule has 1 aromatic carbocycles. The number of hydrogen-bond acceptors (Lipinski definition) is 0. The molecule has 0 unspecified atom stereocenters. The van der Waals surface area contributed by atoms with Gasteiger partial charge in [0.05, 0.1) is 0 Å². The van der Waals surface area contributed by atoms with Gasteiger partial charge in [0.2, 0.25) is 0 Å². The van der Waals surface area contributed by atoms with E-state index >= 15 is 0 Å². The Labute approximate surface area is 83.8 Å². The van der Waals surface area contributed by atoms with E-state index in [0.717, 1.165) is 0 Å². The van der Waals surface area contributed by atoms with Gasteiger partial charge >= 0.3 is 19.5 Å². The van der Waals surface area contributed by atoms with Crippen LogP contribution in [0.15, 0.2) is 36.4 Å². The maximum absolute atomic E-state index is 3.25. The van der Waals surface area contributed by atoms with Gasteiger partial charge in [0.15, 0.2) is 0 Å². The number of hydrogen-bond donors (Lipinski definition) is 0. The van der Waals surface area contributed by atoms with E-state index in [1.54, 1.807) is 13.8 Å². The molecule has 11 heavy (non-hydrogen) atoms. The molecule has 0 N–H and O–H groups in total. The standard InChI is InChI=1S/C6H6.2C2H5.Zn/c1-2-4-6-5-3-1;2*1-2;/h1-6H;2*1H2,2H3;/q;2*-1;+2. The first-order valence-corrected chi connectivity index (χ1v) is 3.41. The molecule has 0 saturated heterocycles. The van der Waals surface area contributed by atoms with Gasteiger partial charge in [-0.25, -0.2) is 0 Å². The SMILES string of the molecule is [CH2-]C.[CH2-]C.[Zn+2].c1ccccc1. The number of benzene rings is 1. The zero-order chi connectivity index (χ0) is 8.24. The summed E-state index contributed by atoms with van der Waals surface area (Å²) in [5.74, 6) is 0. The average Bonchev–Trinajstić information content (AvgIpc) is 2.14. The molecule has 0 fully saturated rings. The third-order valence-corrected chi connectivity index (χ3v) is 0.667. The van der Waals surface area contributed by atoms with E-state index in [4.69, 9.17) is 0 Å². The molecule has 0 amide bonds. The topological polar surface area (TPSA) is 0 Å². The van der Waals surface area contributed by atoms with Gasteiger partial charge in [-0.1, -0.05) is 36.4 Å². The maximum Gasteiger partial charge on any atom is 2.00 e. The van der Waals surface area contributed by atoms with Crippen LogP contribution in [-0.4, -0.2) is 0 Å². The van der Waals surface area contributed by atoms with Gasteiger partial charge in [0.25, 0.3) is 0 Å². The minimum absolute atomic E-state index is 0. The minimum atomic E-state index is 0. The normalized spacial score (nSPS) is 5.45. The first kappa shape index (κ1) is 17.1. The molecule has 0 saturated carbocycles. The zero-order valence-electron chi connectivity index (χ0n) is 7.59. The van der Waals surface area contributed by atoms with Crippen molar-refractivity contribution in [2.24, 2.45) is 0 Å². The Balaban J connectivity index is -0.000000114. The first-order chi connectivity index (χ1) is 5.00.